The van der Waals surface area contributed by atoms with Crippen LogP contribution in [0.2, 0.25) is 0 Å². The summed E-state index contributed by atoms with van der Waals surface area (Å²) in [5.41, 5.74) is 0.900. The summed E-state index contributed by atoms with van der Waals surface area (Å²) < 4.78 is 5.73. The summed E-state index contributed by atoms with van der Waals surface area (Å²) >= 11 is 0. The lowest BCUT2D eigenvalue weighted by Crippen LogP contribution is -2.26. The molecule has 0 saturated carbocycles. The van der Waals surface area contributed by atoms with Crippen LogP contribution >= 0.6 is 0 Å². The van der Waals surface area contributed by atoms with Crippen molar-refractivity contribution in [1.82, 2.24) is 9.97 Å². The topological polar surface area (TPSA) is 67.4 Å². The molecule has 0 radical (unpaired) electrons. The van der Waals surface area contributed by atoms with Crippen LogP contribution in [0.1, 0.15) is 51.0 Å². The first-order chi connectivity index (χ1) is 12.5. The predicted molar refractivity (Wildman–Crippen MR) is 105 cm³/mol. The molecule has 6 nitrogen and oxygen atoms in total. The van der Waals surface area contributed by atoms with Crippen molar-refractivity contribution in [3.63, 3.8) is 0 Å². The Hall–Kier alpha value is -2.63. The molecule has 0 saturated heterocycles. The molecule has 140 valence electrons. The van der Waals surface area contributed by atoms with Crippen LogP contribution in [0.15, 0.2) is 36.7 Å². The maximum Gasteiger partial charge on any atom is 0.275 e. The second-order valence-electron chi connectivity index (χ2n) is 6.36. The minimum absolute atomic E-state index is 0.0234. The summed E-state index contributed by atoms with van der Waals surface area (Å²) in [6.07, 6.45) is 5.29. The van der Waals surface area contributed by atoms with Crippen molar-refractivity contribution in [2.24, 2.45) is 0 Å². The molecular weight excluding hydrogens is 328 g/mol. The van der Waals surface area contributed by atoms with E-state index in [4.69, 9.17) is 4.74 Å². The number of hydrogen-bond donors (Lipinski definition) is 1. The first-order valence-corrected chi connectivity index (χ1v) is 9.19. The summed E-state index contributed by atoms with van der Waals surface area (Å²) in [6, 6.07) is 7.36. The molecule has 1 aromatic heterocycles. The van der Waals surface area contributed by atoms with Crippen LogP contribution < -0.4 is 15.0 Å². The van der Waals surface area contributed by atoms with Gasteiger partial charge in [0.2, 0.25) is 0 Å². The van der Waals surface area contributed by atoms with Gasteiger partial charge in [-0.1, -0.05) is 26.0 Å². The van der Waals surface area contributed by atoms with Crippen LogP contribution in [0.5, 0.6) is 5.75 Å². The number of nitrogens with zero attached hydrogens (tertiary/aromatic N) is 3. The highest BCUT2D eigenvalue weighted by molar-refractivity contribution is 6.03. The number of para-hydroxylation sites is 2. The molecule has 0 bridgehead atoms. The number of nitrogens with one attached hydrogen (secondary N) is 1. The minimum Gasteiger partial charge on any atom is -0.489 e. The fourth-order valence-electron chi connectivity index (χ4n) is 2.60. The molecule has 2 rings (SSSR count). The van der Waals surface area contributed by atoms with E-state index in [0.717, 1.165) is 31.7 Å². The Balaban J connectivity index is 2.11. The number of rotatable bonds is 9. The minimum atomic E-state index is -0.304. The van der Waals surface area contributed by atoms with E-state index >= 15 is 0 Å². The maximum absolute atomic E-state index is 12.5. The van der Waals surface area contributed by atoms with Crippen molar-refractivity contribution in [1.29, 1.82) is 0 Å². The van der Waals surface area contributed by atoms with Gasteiger partial charge in [-0.2, -0.15) is 0 Å². The molecule has 6 heteroatoms. The van der Waals surface area contributed by atoms with Crippen LogP contribution in [-0.2, 0) is 0 Å². The van der Waals surface area contributed by atoms with Crippen LogP contribution in [0, 0.1) is 0 Å². The smallest absolute Gasteiger partial charge is 0.275 e. The van der Waals surface area contributed by atoms with Crippen LogP contribution in [0.25, 0.3) is 0 Å². The van der Waals surface area contributed by atoms with E-state index in [1.54, 1.807) is 6.20 Å². The second-order valence-corrected chi connectivity index (χ2v) is 6.36. The average Bonchev–Trinajstić information content (AvgIpc) is 2.63. The molecule has 1 N–H and O–H groups in total. The van der Waals surface area contributed by atoms with Crippen molar-refractivity contribution in [3.05, 3.63) is 42.4 Å². The summed E-state index contributed by atoms with van der Waals surface area (Å²) in [7, 11) is 0. The molecule has 1 heterocycles. The largest absolute Gasteiger partial charge is 0.489 e. The van der Waals surface area contributed by atoms with Gasteiger partial charge in [0.25, 0.3) is 5.91 Å². The fraction of sp³-hybridized carbons (Fsp3) is 0.450. The number of carbonyl (C=O) groups is 1. The van der Waals surface area contributed by atoms with E-state index in [2.05, 4.69) is 34.0 Å². The Morgan fingerprint density at radius 3 is 2.38 bits per heavy atom. The molecule has 1 amide bonds. The van der Waals surface area contributed by atoms with E-state index in [0.29, 0.717) is 11.4 Å². The Labute approximate surface area is 155 Å². The van der Waals surface area contributed by atoms with Gasteiger partial charge in [-0.3, -0.25) is 4.79 Å². The zero-order valence-corrected chi connectivity index (χ0v) is 16.0. The van der Waals surface area contributed by atoms with Gasteiger partial charge in [-0.15, -0.1) is 0 Å². The summed E-state index contributed by atoms with van der Waals surface area (Å²) in [5.74, 6) is 1.13. The molecule has 0 spiro atoms. The van der Waals surface area contributed by atoms with Crippen molar-refractivity contribution >= 4 is 17.4 Å². The highest BCUT2D eigenvalue weighted by Crippen LogP contribution is 2.25. The van der Waals surface area contributed by atoms with Gasteiger partial charge >= 0.3 is 0 Å². The normalized spacial score (nSPS) is 10.7. The molecule has 0 aliphatic rings. The Morgan fingerprint density at radius 1 is 1.12 bits per heavy atom. The molecule has 0 fully saturated rings. The molecule has 0 atom stereocenters. The number of amides is 1. The third kappa shape index (κ3) is 5.44. The third-order valence-corrected chi connectivity index (χ3v) is 3.68. The highest BCUT2D eigenvalue weighted by Gasteiger charge is 2.13. The third-order valence-electron chi connectivity index (χ3n) is 3.68. The SMILES string of the molecule is CCCN(CCC)c1cnc(C(=O)Nc2ccccc2OC(C)C)cn1. The van der Waals surface area contributed by atoms with Gasteiger partial charge in [0.15, 0.2) is 0 Å². The molecule has 0 aliphatic carbocycles. The molecule has 2 aromatic rings. The van der Waals surface area contributed by atoms with Crippen LogP contribution in [0.4, 0.5) is 11.5 Å². The monoisotopic (exact) mass is 356 g/mol. The van der Waals surface area contributed by atoms with Crippen LogP contribution in [0.3, 0.4) is 0 Å². The van der Waals surface area contributed by atoms with Gasteiger partial charge in [0.05, 0.1) is 24.2 Å². The number of aromatic nitrogens is 2. The van der Waals surface area contributed by atoms with Crippen molar-refractivity contribution < 1.29 is 9.53 Å². The van der Waals surface area contributed by atoms with Gasteiger partial charge in [0.1, 0.15) is 17.3 Å². The van der Waals surface area contributed by atoms with E-state index in [1.165, 1.54) is 6.20 Å². The average molecular weight is 356 g/mol. The molecule has 0 unspecified atom stereocenters. The zero-order chi connectivity index (χ0) is 18.9. The maximum atomic E-state index is 12.5. The standard InChI is InChI=1S/C20H28N4O2/c1-5-11-24(12-6-2)19-14-21-17(13-22-19)20(25)23-16-9-7-8-10-18(16)26-15(3)4/h7-10,13-15H,5-6,11-12H2,1-4H3,(H,23,25). The molecular formula is C20H28N4O2. The number of ether oxygens (including phenoxy) is 1. The van der Waals surface area contributed by atoms with Crippen molar-refractivity contribution in [2.75, 3.05) is 23.3 Å². The second kappa shape index (κ2) is 9.75. The highest BCUT2D eigenvalue weighted by atomic mass is 16.5. The Morgan fingerprint density at radius 2 is 1.81 bits per heavy atom. The van der Waals surface area contributed by atoms with E-state index in [1.807, 2.05) is 38.1 Å². The van der Waals surface area contributed by atoms with E-state index < -0.39 is 0 Å². The van der Waals surface area contributed by atoms with Gasteiger partial charge in [0, 0.05) is 13.1 Å². The molecule has 0 aliphatic heterocycles. The number of carbonyl (C=O) groups excluding carboxylic acids is 1. The first-order valence-electron chi connectivity index (χ1n) is 9.19. The summed E-state index contributed by atoms with van der Waals surface area (Å²) in [5, 5.41) is 2.85. The lowest BCUT2D eigenvalue weighted by molar-refractivity contribution is 0.102. The summed E-state index contributed by atoms with van der Waals surface area (Å²) in [6.45, 7) is 10.0. The Bertz CT molecular complexity index is 695. The summed E-state index contributed by atoms with van der Waals surface area (Å²) in [4.78, 5) is 23.4. The molecule has 26 heavy (non-hydrogen) atoms. The van der Waals surface area contributed by atoms with E-state index in [-0.39, 0.29) is 17.7 Å². The van der Waals surface area contributed by atoms with Crippen molar-refractivity contribution in [3.8, 4) is 5.75 Å². The quantitative estimate of drug-likeness (QED) is 0.731. The number of benzene rings is 1. The lowest BCUT2D eigenvalue weighted by Gasteiger charge is -2.22. The van der Waals surface area contributed by atoms with Gasteiger partial charge in [-0.05, 0) is 38.8 Å². The van der Waals surface area contributed by atoms with Gasteiger partial charge in [-0.25, -0.2) is 9.97 Å². The van der Waals surface area contributed by atoms with Crippen LogP contribution in [-0.4, -0.2) is 35.1 Å². The Kier molecular flexibility index (Phi) is 7.38. The van der Waals surface area contributed by atoms with Crippen molar-refractivity contribution in [2.45, 2.75) is 46.6 Å². The predicted octanol–water partition coefficient (Wildman–Crippen LogP) is 4.14. The zero-order valence-electron chi connectivity index (χ0n) is 16.0. The first kappa shape index (κ1) is 19.7. The number of anilines is 2. The lowest BCUT2D eigenvalue weighted by atomic mass is 10.2. The van der Waals surface area contributed by atoms with E-state index in [9.17, 15) is 4.79 Å². The number of hydrogen-bond acceptors (Lipinski definition) is 5. The fourth-order valence-corrected chi connectivity index (χ4v) is 2.60. The molecule has 1 aromatic carbocycles. The van der Waals surface area contributed by atoms with Gasteiger partial charge < -0.3 is 15.0 Å².